The zero-order valence-electron chi connectivity index (χ0n) is 10.7. The van der Waals surface area contributed by atoms with Crippen LogP contribution in [0.5, 0.6) is 0 Å². The molecule has 5 nitrogen and oxygen atoms in total. The van der Waals surface area contributed by atoms with E-state index in [1.54, 1.807) is 12.4 Å². The molecule has 0 spiro atoms. The van der Waals surface area contributed by atoms with Crippen molar-refractivity contribution in [3.63, 3.8) is 0 Å². The van der Waals surface area contributed by atoms with Gasteiger partial charge in [-0.3, -0.25) is 0 Å². The Morgan fingerprint density at radius 3 is 2.00 bits per heavy atom. The maximum absolute atomic E-state index is 5.63. The molecule has 0 radical (unpaired) electrons. The lowest BCUT2D eigenvalue weighted by molar-refractivity contribution is 0.584. The summed E-state index contributed by atoms with van der Waals surface area (Å²) < 4.78 is 5.63. The highest BCUT2D eigenvalue weighted by atomic mass is 16.4. The van der Waals surface area contributed by atoms with Gasteiger partial charge in [0.25, 0.3) is 5.89 Å². The Morgan fingerprint density at radius 2 is 1.37 bits per heavy atom. The molecule has 0 amide bonds. The van der Waals surface area contributed by atoms with Crippen LogP contribution in [0.3, 0.4) is 0 Å². The molecule has 5 heteroatoms. The summed E-state index contributed by atoms with van der Waals surface area (Å²) in [6.45, 7) is 3.86. The first kappa shape index (κ1) is 11.5. The fourth-order valence-electron chi connectivity index (χ4n) is 1.66. The standard InChI is InChI=1S/C14H12N4O/c1-9-3-5-11(6-4-9)13-17-18-14(19-13)12-7-15-10(2)16-8-12/h3-8H,1-2H3. The highest BCUT2D eigenvalue weighted by Gasteiger charge is 2.10. The van der Waals surface area contributed by atoms with E-state index in [0.29, 0.717) is 17.6 Å². The minimum Gasteiger partial charge on any atom is -0.416 e. The number of hydrogen-bond donors (Lipinski definition) is 0. The number of nitrogens with zero attached hydrogens (tertiary/aromatic N) is 4. The van der Waals surface area contributed by atoms with Crippen LogP contribution in [0.15, 0.2) is 41.1 Å². The largest absolute Gasteiger partial charge is 0.416 e. The first-order valence-electron chi connectivity index (χ1n) is 5.92. The van der Waals surface area contributed by atoms with Gasteiger partial charge in [-0.05, 0) is 26.0 Å². The average Bonchev–Trinajstić information content (AvgIpc) is 2.90. The topological polar surface area (TPSA) is 64.7 Å². The molecule has 0 bridgehead atoms. The summed E-state index contributed by atoms with van der Waals surface area (Å²) in [7, 11) is 0. The molecule has 0 aliphatic carbocycles. The normalized spacial score (nSPS) is 10.6. The highest BCUT2D eigenvalue weighted by Crippen LogP contribution is 2.23. The quantitative estimate of drug-likeness (QED) is 0.701. The summed E-state index contributed by atoms with van der Waals surface area (Å²) in [5.74, 6) is 1.63. The van der Waals surface area contributed by atoms with Crippen LogP contribution in [0.4, 0.5) is 0 Å². The van der Waals surface area contributed by atoms with Crippen molar-refractivity contribution in [1.82, 2.24) is 20.2 Å². The van der Waals surface area contributed by atoms with E-state index in [9.17, 15) is 0 Å². The van der Waals surface area contributed by atoms with E-state index in [-0.39, 0.29) is 0 Å². The van der Waals surface area contributed by atoms with Gasteiger partial charge in [0.15, 0.2) is 0 Å². The van der Waals surface area contributed by atoms with Crippen molar-refractivity contribution in [1.29, 1.82) is 0 Å². The molecular formula is C14H12N4O. The molecule has 2 aromatic heterocycles. The van der Waals surface area contributed by atoms with E-state index in [0.717, 1.165) is 11.1 Å². The van der Waals surface area contributed by atoms with Crippen LogP contribution >= 0.6 is 0 Å². The van der Waals surface area contributed by atoms with Crippen LogP contribution < -0.4 is 0 Å². The maximum Gasteiger partial charge on any atom is 0.251 e. The smallest absolute Gasteiger partial charge is 0.251 e. The van der Waals surface area contributed by atoms with Crippen molar-refractivity contribution < 1.29 is 4.42 Å². The molecule has 94 valence electrons. The van der Waals surface area contributed by atoms with E-state index in [1.165, 1.54) is 5.56 Å². The molecule has 19 heavy (non-hydrogen) atoms. The summed E-state index contributed by atoms with van der Waals surface area (Å²) >= 11 is 0. The number of hydrogen-bond acceptors (Lipinski definition) is 5. The Bertz CT molecular complexity index is 626. The van der Waals surface area contributed by atoms with Crippen LogP contribution in [-0.2, 0) is 0 Å². The Hall–Kier alpha value is -2.56. The molecule has 0 unspecified atom stereocenters. The molecule has 0 saturated heterocycles. The van der Waals surface area contributed by atoms with Crippen LogP contribution in [0.1, 0.15) is 11.4 Å². The third-order valence-electron chi connectivity index (χ3n) is 2.75. The third kappa shape index (κ3) is 2.35. The van der Waals surface area contributed by atoms with Crippen molar-refractivity contribution in [2.24, 2.45) is 0 Å². The zero-order chi connectivity index (χ0) is 13.2. The Kier molecular flexibility index (Phi) is 2.79. The van der Waals surface area contributed by atoms with Crippen molar-refractivity contribution in [3.05, 3.63) is 48.0 Å². The summed E-state index contributed by atoms with van der Waals surface area (Å²) in [6.07, 6.45) is 3.35. The molecule has 3 aromatic rings. The predicted octanol–water partition coefficient (Wildman–Crippen LogP) is 2.81. The van der Waals surface area contributed by atoms with Gasteiger partial charge in [-0.15, -0.1) is 10.2 Å². The van der Waals surface area contributed by atoms with Gasteiger partial charge in [-0.25, -0.2) is 9.97 Å². The number of aryl methyl sites for hydroxylation is 2. The van der Waals surface area contributed by atoms with Crippen LogP contribution in [-0.4, -0.2) is 20.2 Å². The molecular weight excluding hydrogens is 240 g/mol. The lowest BCUT2D eigenvalue weighted by atomic mass is 10.1. The van der Waals surface area contributed by atoms with Gasteiger partial charge in [-0.1, -0.05) is 17.7 Å². The van der Waals surface area contributed by atoms with Crippen molar-refractivity contribution in [2.45, 2.75) is 13.8 Å². The number of rotatable bonds is 2. The van der Waals surface area contributed by atoms with E-state index < -0.39 is 0 Å². The molecule has 0 fully saturated rings. The van der Waals surface area contributed by atoms with Crippen molar-refractivity contribution >= 4 is 0 Å². The minimum atomic E-state index is 0.426. The van der Waals surface area contributed by atoms with Crippen molar-refractivity contribution in [2.75, 3.05) is 0 Å². The molecule has 3 rings (SSSR count). The fourth-order valence-corrected chi connectivity index (χ4v) is 1.66. The predicted molar refractivity (Wildman–Crippen MR) is 70.2 cm³/mol. The van der Waals surface area contributed by atoms with E-state index in [2.05, 4.69) is 20.2 Å². The molecule has 0 saturated carbocycles. The molecule has 0 aliphatic heterocycles. The average molecular weight is 252 g/mol. The maximum atomic E-state index is 5.63. The highest BCUT2D eigenvalue weighted by molar-refractivity contribution is 5.56. The molecule has 0 N–H and O–H groups in total. The van der Waals surface area contributed by atoms with Gasteiger partial charge < -0.3 is 4.42 Å². The van der Waals surface area contributed by atoms with Gasteiger partial charge in [-0.2, -0.15) is 0 Å². The number of aromatic nitrogens is 4. The minimum absolute atomic E-state index is 0.426. The number of benzene rings is 1. The zero-order valence-corrected chi connectivity index (χ0v) is 10.7. The van der Waals surface area contributed by atoms with Gasteiger partial charge >= 0.3 is 0 Å². The van der Waals surface area contributed by atoms with E-state index >= 15 is 0 Å². The van der Waals surface area contributed by atoms with Crippen LogP contribution in [0.25, 0.3) is 22.9 Å². The van der Waals surface area contributed by atoms with Crippen LogP contribution in [0, 0.1) is 13.8 Å². The van der Waals surface area contributed by atoms with Gasteiger partial charge in [0.1, 0.15) is 5.82 Å². The van der Waals surface area contributed by atoms with E-state index in [4.69, 9.17) is 4.42 Å². The van der Waals surface area contributed by atoms with Gasteiger partial charge in [0.2, 0.25) is 5.89 Å². The van der Waals surface area contributed by atoms with Crippen LogP contribution in [0.2, 0.25) is 0 Å². The molecule has 0 aliphatic rings. The molecule has 2 heterocycles. The Labute approximate surface area is 110 Å². The van der Waals surface area contributed by atoms with E-state index in [1.807, 2.05) is 38.1 Å². The summed E-state index contributed by atoms with van der Waals surface area (Å²) in [6, 6.07) is 7.93. The summed E-state index contributed by atoms with van der Waals surface area (Å²) in [4.78, 5) is 8.22. The van der Waals surface area contributed by atoms with Gasteiger partial charge in [0.05, 0.1) is 5.56 Å². The monoisotopic (exact) mass is 252 g/mol. The Morgan fingerprint density at radius 1 is 0.789 bits per heavy atom. The summed E-state index contributed by atoms with van der Waals surface area (Å²) in [5.41, 5.74) is 2.81. The fraction of sp³-hybridized carbons (Fsp3) is 0.143. The second-order valence-electron chi connectivity index (χ2n) is 4.30. The molecule has 1 aromatic carbocycles. The summed E-state index contributed by atoms with van der Waals surface area (Å²) in [5, 5.41) is 8.06. The first-order chi connectivity index (χ1) is 9.22. The molecule has 0 atom stereocenters. The first-order valence-corrected chi connectivity index (χ1v) is 5.92. The Balaban J connectivity index is 1.95. The third-order valence-corrected chi connectivity index (χ3v) is 2.75. The second kappa shape index (κ2) is 4.61. The lowest BCUT2D eigenvalue weighted by Crippen LogP contribution is -1.87. The van der Waals surface area contributed by atoms with Crippen molar-refractivity contribution in [3.8, 4) is 22.9 Å². The SMILES string of the molecule is Cc1ccc(-c2nnc(-c3cnc(C)nc3)o2)cc1. The lowest BCUT2D eigenvalue weighted by Gasteiger charge is -1.96. The second-order valence-corrected chi connectivity index (χ2v) is 4.30. The van der Waals surface area contributed by atoms with Gasteiger partial charge in [0, 0.05) is 18.0 Å².